The molecule has 1 aliphatic heterocycles. The molecule has 4 aromatic rings. The minimum Gasteiger partial charge on any atom is -0.466 e. The molecule has 0 radical (unpaired) electrons. The van der Waals surface area contributed by atoms with Crippen molar-refractivity contribution in [2.45, 2.75) is 44.8 Å². The van der Waals surface area contributed by atoms with E-state index >= 15 is 0 Å². The van der Waals surface area contributed by atoms with Gasteiger partial charge in [-0.05, 0) is 44.0 Å². The van der Waals surface area contributed by atoms with Crippen molar-refractivity contribution in [1.29, 1.82) is 0 Å². The van der Waals surface area contributed by atoms with Gasteiger partial charge >= 0.3 is 5.97 Å². The highest BCUT2D eigenvalue weighted by Gasteiger charge is 2.30. The van der Waals surface area contributed by atoms with Gasteiger partial charge in [-0.1, -0.05) is 17.8 Å². The molecule has 36 heavy (non-hydrogen) atoms. The maximum absolute atomic E-state index is 13.4. The predicted molar refractivity (Wildman–Crippen MR) is 138 cm³/mol. The van der Waals surface area contributed by atoms with Crippen molar-refractivity contribution in [3.63, 3.8) is 0 Å². The number of thiazole rings is 1. The van der Waals surface area contributed by atoms with E-state index in [0.29, 0.717) is 39.4 Å². The maximum Gasteiger partial charge on any atom is 0.311 e. The van der Waals surface area contributed by atoms with Crippen LogP contribution in [0.1, 0.15) is 36.2 Å². The fourth-order valence-corrected chi connectivity index (χ4v) is 5.87. The van der Waals surface area contributed by atoms with E-state index in [1.54, 1.807) is 21.6 Å². The highest BCUT2D eigenvalue weighted by atomic mass is 32.2. The first kappa shape index (κ1) is 24.2. The third-order valence-electron chi connectivity index (χ3n) is 5.96. The molecule has 0 bridgehead atoms. The number of aryl methyl sites for hydroxylation is 2. The largest absolute Gasteiger partial charge is 0.466 e. The van der Waals surface area contributed by atoms with Gasteiger partial charge in [0.2, 0.25) is 5.91 Å². The Kier molecular flexibility index (Phi) is 6.63. The number of esters is 1. The molecular weight excluding hydrogens is 500 g/mol. The summed E-state index contributed by atoms with van der Waals surface area (Å²) in [5, 5.41) is 10.3. The van der Waals surface area contributed by atoms with Crippen LogP contribution in [0.2, 0.25) is 0 Å². The summed E-state index contributed by atoms with van der Waals surface area (Å²) in [6.45, 7) is 6.12. The average Bonchev–Trinajstić information content (AvgIpc) is 3.55. The van der Waals surface area contributed by atoms with Crippen LogP contribution in [0.3, 0.4) is 0 Å². The lowest BCUT2D eigenvalue weighted by Crippen LogP contribution is -2.27. The number of aromatic nitrogens is 5. The molecule has 1 N–H and O–H groups in total. The minimum absolute atomic E-state index is 0.0553. The Bertz CT molecular complexity index is 1540. The van der Waals surface area contributed by atoms with Crippen LogP contribution in [0.15, 0.2) is 39.7 Å². The summed E-state index contributed by atoms with van der Waals surface area (Å²) in [4.78, 5) is 46.8. The Morgan fingerprint density at radius 3 is 2.83 bits per heavy atom. The Morgan fingerprint density at radius 1 is 1.22 bits per heavy atom. The van der Waals surface area contributed by atoms with Crippen LogP contribution >= 0.6 is 23.1 Å². The van der Waals surface area contributed by atoms with E-state index in [4.69, 9.17) is 9.72 Å². The normalized spacial score (nSPS) is 14.7. The second-order valence-corrected chi connectivity index (χ2v) is 10.3. The topological polar surface area (TPSA) is 121 Å². The van der Waals surface area contributed by atoms with Crippen LogP contribution in [-0.2, 0) is 20.7 Å². The number of rotatable bonds is 7. The number of carbonyl (C=O) groups excluding carboxylic acids is 2. The van der Waals surface area contributed by atoms with Crippen LogP contribution in [-0.4, -0.2) is 48.6 Å². The summed E-state index contributed by atoms with van der Waals surface area (Å²) in [5.74, 6) is -0.0618. The third kappa shape index (κ3) is 4.65. The molecule has 1 aromatic carbocycles. The van der Waals surface area contributed by atoms with Crippen LogP contribution in [0, 0.1) is 13.8 Å². The van der Waals surface area contributed by atoms with Gasteiger partial charge in [-0.3, -0.25) is 19.0 Å². The first-order chi connectivity index (χ1) is 17.3. The van der Waals surface area contributed by atoms with Gasteiger partial charge in [-0.25, -0.2) is 14.6 Å². The number of thioether (sulfide) groups is 1. The summed E-state index contributed by atoms with van der Waals surface area (Å²) in [6, 6.07) is 5.66. The Labute approximate surface area is 214 Å². The fraction of sp³-hybridized carbons (Fsp3) is 0.333. The minimum atomic E-state index is -0.362. The first-order valence-corrected chi connectivity index (χ1v) is 13.3. The van der Waals surface area contributed by atoms with E-state index in [-0.39, 0.29) is 36.3 Å². The van der Waals surface area contributed by atoms with Crippen molar-refractivity contribution in [3.8, 4) is 5.69 Å². The molecule has 1 unspecified atom stereocenters. The number of nitrogens with one attached hydrogen (secondary N) is 1. The summed E-state index contributed by atoms with van der Waals surface area (Å²) in [7, 11) is 0. The van der Waals surface area contributed by atoms with Crippen LogP contribution < -0.4 is 10.9 Å². The molecule has 1 atom stereocenters. The number of nitrogens with zero attached hydrogens (tertiary/aromatic N) is 5. The molecule has 0 saturated carbocycles. The number of anilines is 1. The fourth-order valence-electron chi connectivity index (χ4n) is 4.02. The monoisotopic (exact) mass is 524 g/mol. The van der Waals surface area contributed by atoms with Gasteiger partial charge < -0.3 is 10.1 Å². The van der Waals surface area contributed by atoms with Gasteiger partial charge in [-0.2, -0.15) is 5.10 Å². The van der Waals surface area contributed by atoms with Crippen LogP contribution in [0.4, 0.5) is 5.13 Å². The molecule has 3 aromatic heterocycles. The van der Waals surface area contributed by atoms with Crippen LogP contribution in [0.5, 0.6) is 0 Å². The number of hydrogen-bond acceptors (Lipinski definition) is 9. The molecule has 0 aliphatic carbocycles. The molecule has 186 valence electrons. The van der Waals surface area contributed by atoms with E-state index in [9.17, 15) is 14.4 Å². The number of amides is 1. The molecule has 12 heteroatoms. The van der Waals surface area contributed by atoms with Gasteiger partial charge in [0.05, 0.1) is 36.6 Å². The zero-order valence-electron chi connectivity index (χ0n) is 20.0. The van der Waals surface area contributed by atoms with Crippen molar-refractivity contribution >= 4 is 51.1 Å². The van der Waals surface area contributed by atoms with Crippen LogP contribution in [0.25, 0.3) is 16.7 Å². The maximum atomic E-state index is 13.4. The van der Waals surface area contributed by atoms with E-state index in [1.807, 2.05) is 32.0 Å². The van der Waals surface area contributed by atoms with Crippen molar-refractivity contribution < 1.29 is 14.3 Å². The zero-order valence-corrected chi connectivity index (χ0v) is 21.6. The number of carbonyl (C=O) groups is 2. The second kappa shape index (κ2) is 9.86. The number of fused-ring (bicyclic) bond motifs is 2. The van der Waals surface area contributed by atoms with Crippen molar-refractivity contribution in [3.05, 3.63) is 57.0 Å². The van der Waals surface area contributed by atoms with Crippen molar-refractivity contribution in [2.75, 3.05) is 17.7 Å². The Hall–Kier alpha value is -3.51. The van der Waals surface area contributed by atoms with Gasteiger partial charge in [0.15, 0.2) is 15.9 Å². The predicted octanol–water partition coefficient (Wildman–Crippen LogP) is 3.44. The summed E-state index contributed by atoms with van der Waals surface area (Å²) < 4.78 is 8.20. The van der Waals surface area contributed by atoms with E-state index < -0.39 is 0 Å². The Balaban J connectivity index is 1.34. The Morgan fingerprint density at radius 2 is 2.06 bits per heavy atom. The van der Waals surface area contributed by atoms with Gasteiger partial charge in [0, 0.05) is 17.6 Å². The molecule has 1 aliphatic rings. The standard InChI is InChI=1S/C24H24N6O4S2/c1-4-34-20(32)8-15-11-35-23(26-15)27-19(31)9-17-12-36-24-28-21-18(22(33)29(17)24)10-25-30(21)16-6-5-13(2)14(3)7-16/h5-7,10-11,17H,4,8-9,12H2,1-3H3,(H,26,27,31). The quantitative estimate of drug-likeness (QED) is 0.288. The molecule has 0 spiro atoms. The number of benzene rings is 1. The van der Waals surface area contributed by atoms with E-state index in [1.165, 1.54) is 34.9 Å². The molecular formula is C24H24N6O4S2. The molecule has 10 nitrogen and oxygen atoms in total. The smallest absolute Gasteiger partial charge is 0.311 e. The molecule has 4 heterocycles. The first-order valence-electron chi connectivity index (χ1n) is 11.4. The molecule has 0 saturated heterocycles. The molecule has 1 amide bonds. The molecule has 0 fully saturated rings. The van der Waals surface area contributed by atoms with Gasteiger partial charge in [0.25, 0.3) is 5.56 Å². The summed E-state index contributed by atoms with van der Waals surface area (Å²) >= 11 is 2.69. The van der Waals surface area contributed by atoms with Gasteiger partial charge in [-0.15, -0.1) is 11.3 Å². The zero-order chi connectivity index (χ0) is 25.4. The lowest BCUT2D eigenvalue weighted by atomic mass is 10.1. The second-order valence-electron chi connectivity index (χ2n) is 8.47. The average molecular weight is 525 g/mol. The SMILES string of the molecule is CCOC(=O)Cc1csc(NC(=O)CC2CSc3nc4c(cnn4-c4ccc(C)c(C)c4)c(=O)n32)n1. The van der Waals surface area contributed by atoms with Crippen molar-refractivity contribution in [1.82, 2.24) is 24.3 Å². The highest BCUT2D eigenvalue weighted by molar-refractivity contribution is 7.99. The van der Waals surface area contributed by atoms with E-state index in [0.717, 1.165) is 11.3 Å². The molecule has 5 rings (SSSR count). The number of ether oxygens (including phenoxy) is 1. The van der Waals surface area contributed by atoms with Crippen molar-refractivity contribution in [2.24, 2.45) is 0 Å². The summed E-state index contributed by atoms with van der Waals surface area (Å²) in [5.41, 5.74) is 3.98. The summed E-state index contributed by atoms with van der Waals surface area (Å²) in [6.07, 6.45) is 1.69. The van der Waals surface area contributed by atoms with Gasteiger partial charge in [0.1, 0.15) is 5.39 Å². The third-order valence-corrected chi connectivity index (χ3v) is 7.86. The number of hydrogen-bond donors (Lipinski definition) is 1. The lowest BCUT2D eigenvalue weighted by molar-refractivity contribution is -0.142. The van der Waals surface area contributed by atoms with E-state index in [2.05, 4.69) is 15.4 Å². The lowest BCUT2D eigenvalue weighted by Gasteiger charge is -2.13. The highest BCUT2D eigenvalue weighted by Crippen LogP contribution is 2.34.